The summed E-state index contributed by atoms with van der Waals surface area (Å²) in [6, 6.07) is 12.6. The quantitative estimate of drug-likeness (QED) is 0.407. The van der Waals surface area contributed by atoms with Crippen LogP contribution in [0.25, 0.3) is 6.08 Å². The largest absolute Gasteiger partial charge is 0.493 e. The van der Waals surface area contributed by atoms with Gasteiger partial charge < -0.3 is 19.5 Å². The molecule has 2 rings (SSSR count). The number of aryl methyl sites for hydroxylation is 1. The van der Waals surface area contributed by atoms with Crippen molar-refractivity contribution in [2.75, 3.05) is 25.6 Å². The van der Waals surface area contributed by atoms with E-state index in [-0.39, 0.29) is 6.61 Å². The van der Waals surface area contributed by atoms with Crippen molar-refractivity contribution in [3.05, 3.63) is 72.3 Å². The van der Waals surface area contributed by atoms with E-state index in [1.807, 2.05) is 19.1 Å². The second-order valence-electron chi connectivity index (χ2n) is 5.87. The number of ether oxygens (including phenoxy) is 3. The number of carbonyl (C=O) groups excluding carboxylic acids is 2. The van der Waals surface area contributed by atoms with Gasteiger partial charge in [-0.05, 0) is 42.8 Å². The maximum absolute atomic E-state index is 11.8. The van der Waals surface area contributed by atoms with Crippen molar-refractivity contribution in [3.8, 4) is 11.5 Å². The highest BCUT2D eigenvalue weighted by Gasteiger charge is 2.07. The minimum absolute atomic E-state index is 0.364. The maximum atomic E-state index is 11.8. The summed E-state index contributed by atoms with van der Waals surface area (Å²) in [6.45, 7) is 5.55. The normalized spacial score (nSPS) is 10.4. The smallest absolute Gasteiger partial charge is 0.331 e. The van der Waals surface area contributed by atoms with Crippen molar-refractivity contribution in [1.29, 1.82) is 0 Å². The first-order chi connectivity index (χ1) is 13.5. The van der Waals surface area contributed by atoms with E-state index < -0.39 is 11.9 Å². The number of carbonyl (C=O) groups is 2. The molecule has 2 aromatic rings. The number of hydrogen-bond donors (Lipinski definition) is 1. The molecule has 0 saturated heterocycles. The van der Waals surface area contributed by atoms with Crippen molar-refractivity contribution in [1.82, 2.24) is 0 Å². The molecule has 1 amide bonds. The van der Waals surface area contributed by atoms with Crippen LogP contribution in [0, 0.1) is 6.92 Å². The van der Waals surface area contributed by atoms with Crippen LogP contribution in [0.3, 0.4) is 0 Å². The molecule has 28 heavy (non-hydrogen) atoms. The maximum Gasteiger partial charge on any atom is 0.331 e. The third-order valence-electron chi connectivity index (χ3n) is 3.64. The molecule has 2 aromatic carbocycles. The van der Waals surface area contributed by atoms with E-state index in [0.717, 1.165) is 11.1 Å². The molecular formula is C22H23NO5. The van der Waals surface area contributed by atoms with Gasteiger partial charge in [0, 0.05) is 11.8 Å². The van der Waals surface area contributed by atoms with Gasteiger partial charge in [0.15, 0.2) is 18.1 Å². The summed E-state index contributed by atoms with van der Waals surface area (Å²) in [4.78, 5) is 23.7. The summed E-state index contributed by atoms with van der Waals surface area (Å²) in [5.74, 6) is 0.0887. The zero-order chi connectivity index (χ0) is 20.4. The van der Waals surface area contributed by atoms with Gasteiger partial charge in [0.25, 0.3) is 5.91 Å². The first kappa shape index (κ1) is 20.8. The van der Waals surface area contributed by atoms with Crippen LogP contribution < -0.4 is 14.8 Å². The predicted octanol–water partition coefficient (Wildman–Crippen LogP) is 3.76. The molecule has 0 saturated carbocycles. The van der Waals surface area contributed by atoms with Crippen LogP contribution in [0.2, 0.25) is 0 Å². The van der Waals surface area contributed by atoms with Crippen molar-refractivity contribution in [2.24, 2.45) is 0 Å². The summed E-state index contributed by atoms with van der Waals surface area (Å²) in [5, 5.41) is 2.66. The van der Waals surface area contributed by atoms with Gasteiger partial charge >= 0.3 is 5.97 Å². The Morgan fingerprint density at radius 1 is 1.11 bits per heavy atom. The van der Waals surface area contributed by atoms with E-state index in [2.05, 4.69) is 11.9 Å². The molecule has 0 radical (unpaired) electrons. The molecule has 0 aliphatic rings. The lowest BCUT2D eigenvalue weighted by Gasteiger charge is -2.09. The Bertz CT molecular complexity index is 856. The monoisotopic (exact) mass is 381 g/mol. The minimum Gasteiger partial charge on any atom is -0.493 e. The van der Waals surface area contributed by atoms with E-state index in [1.165, 1.54) is 13.2 Å². The Balaban J connectivity index is 1.86. The summed E-state index contributed by atoms with van der Waals surface area (Å²) < 4.78 is 15.7. The SMILES string of the molecule is C=CCOc1ccc(C=CC(=O)OCC(=O)Nc2ccc(C)cc2)cc1OC. The number of rotatable bonds is 9. The Morgan fingerprint density at radius 3 is 2.54 bits per heavy atom. The van der Waals surface area contributed by atoms with Crippen LogP contribution in [0.15, 0.2) is 61.2 Å². The number of methoxy groups -OCH3 is 1. The first-order valence-corrected chi connectivity index (χ1v) is 8.65. The second-order valence-corrected chi connectivity index (χ2v) is 5.87. The van der Waals surface area contributed by atoms with Crippen LogP contribution in [0.5, 0.6) is 11.5 Å². The van der Waals surface area contributed by atoms with Crippen molar-refractivity contribution < 1.29 is 23.8 Å². The van der Waals surface area contributed by atoms with E-state index in [0.29, 0.717) is 23.8 Å². The van der Waals surface area contributed by atoms with Crippen LogP contribution >= 0.6 is 0 Å². The molecule has 6 nitrogen and oxygen atoms in total. The molecule has 0 spiro atoms. The summed E-state index contributed by atoms with van der Waals surface area (Å²) in [7, 11) is 1.53. The predicted molar refractivity (Wildman–Crippen MR) is 108 cm³/mol. The molecule has 0 fully saturated rings. The molecule has 6 heteroatoms. The highest BCUT2D eigenvalue weighted by Crippen LogP contribution is 2.28. The van der Waals surface area contributed by atoms with Gasteiger partial charge in [0.05, 0.1) is 7.11 Å². The zero-order valence-corrected chi connectivity index (χ0v) is 15.9. The van der Waals surface area contributed by atoms with E-state index >= 15 is 0 Å². The number of esters is 1. The van der Waals surface area contributed by atoms with Crippen molar-refractivity contribution >= 4 is 23.6 Å². The van der Waals surface area contributed by atoms with Gasteiger partial charge in [-0.1, -0.05) is 36.4 Å². The molecule has 0 aromatic heterocycles. The first-order valence-electron chi connectivity index (χ1n) is 8.65. The molecule has 0 aliphatic heterocycles. The van der Waals surface area contributed by atoms with Gasteiger partial charge in [0.2, 0.25) is 0 Å². The molecule has 0 atom stereocenters. The minimum atomic E-state index is -0.620. The molecular weight excluding hydrogens is 358 g/mol. The van der Waals surface area contributed by atoms with Crippen LogP contribution in [0.4, 0.5) is 5.69 Å². The molecule has 146 valence electrons. The van der Waals surface area contributed by atoms with Gasteiger partial charge in [-0.2, -0.15) is 0 Å². The molecule has 0 unspecified atom stereocenters. The highest BCUT2D eigenvalue weighted by molar-refractivity contribution is 5.94. The topological polar surface area (TPSA) is 73.9 Å². The molecule has 0 heterocycles. The van der Waals surface area contributed by atoms with Gasteiger partial charge in [-0.25, -0.2) is 4.79 Å². The van der Waals surface area contributed by atoms with E-state index in [4.69, 9.17) is 14.2 Å². The molecule has 0 bridgehead atoms. The lowest BCUT2D eigenvalue weighted by molar-refractivity contribution is -0.142. The average Bonchev–Trinajstić information content (AvgIpc) is 2.71. The Hall–Kier alpha value is -3.54. The summed E-state index contributed by atoms with van der Waals surface area (Å²) in [6.07, 6.45) is 4.45. The number of anilines is 1. The summed E-state index contributed by atoms with van der Waals surface area (Å²) in [5.41, 5.74) is 2.46. The fraction of sp³-hybridized carbons (Fsp3) is 0.182. The number of hydrogen-bond acceptors (Lipinski definition) is 5. The number of benzene rings is 2. The van der Waals surface area contributed by atoms with E-state index in [9.17, 15) is 9.59 Å². The molecule has 0 aliphatic carbocycles. The Labute approximate surface area is 164 Å². The van der Waals surface area contributed by atoms with Gasteiger partial charge in [-0.15, -0.1) is 0 Å². The highest BCUT2D eigenvalue weighted by atomic mass is 16.5. The van der Waals surface area contributed by atoms with Crippen molar-refractivity contribution in [2.45, 2.75) is 6.92 Å². The van der Waals surface area contributed by atoms with Crippen LogP contribution in [-0.4, -0.2) is 32.2 Å². The second kappa shape index (κ2) is 10.6. The third kappa shape index (κ3) is 6.64. The Kier molecular flexibility index (Phi) is 7.84. The third-order valence-corrected chi connectivity index (χ3v) is 3.64. The van der Waals surface area contributed by atoms with Crippen LogP contribution in [0.1, 0.15) is 11.1 Å². The fourth-order valence-electron chi connectivity index (χ4n) is 2.24. The fourth-order valence-corrected chi connectivity index (χ4v) is 2.24. The number of amides is 1. The van der Waals surface area contributed by atoms with Gasteiger partial charge in [-0.3, -0.25) is 4.79 Å². The molecule has 1 N–H and O–H groups in total. The van der Waals surface area contributed by atoms with Crippen molar-refractivity contribution in [3.63, 3.8) is 0 Å². The summed E-state index contributed by atoms with van der Waals surface area (Å²) >= 11 is 0. The van der Waals surface area contributed by atoms with E-state index in [1.54, 1.807) is 42.5 Å². The lowest BCUT2D eigenvalue weighted by atomic mass is 10.2. The lowest BCUT2D eigenvalue weighted by Crippen LogP contribution is -2.20. The Morgan fingerprint density at radius 2 is 1.86 bits per heavy atom. The zero-order valence-electron chi connectivity index (χ0n) is 15.9. The van der Waals surface area contributed by atoms with Crippen LogP contribution in [-0.2, 0) is 14.3 Å². The van der Waals surface area contributed by atoms with Gasteiger partial charge in [0.1, 0.15) is 6.61 Å². The average molecular weight is 381 g/mol. The number of nitrogens with one attached hydrogen (secondary N) is 1. The standard InChI is InChI=1S/C22H23NO5/c1-4-13-27-19-11-7-17(14-20(19)26-3)8-12-22(25)28-15-21(24)23-18-9-5-16(2)6-10-18/h4-12,14H,1,13,15H2,2-3H3,(H,23,24).